The molecule has 0 bridgehead atoms. The third-order valence-electron chi connectivity index (χ3n) is 2.46. The molecule has 0 aliphatic heterocycles. The zero-order valence-corrected chi connectivity index (χ0v) is 12.4. The summed E-state index contributed by atoms with van der Waals surface area (Å²) in [6.07, 6.45) is -3.88. The summed E-state index contributed by atoms with van der Waals surface area (Å²) in [6, 6.07) is 1.43. The van der Waals surface area contributed by atoms with Gasteiger partial charge in [0.15, 0.2) is 0 Å². The first kappa shape index (κ1) is 17.5. The first-order chi connectivity index (χ1) is 9.82. The minimum Gasteiger partial charge on any atom is -0.381 e. The lowest BCUT2D eigenvalue weighted by molar-refractivity contribution is -0.144. The van der Waals surface area contributed by atoms with Gasteiger partial charge in [-0.3, -0.25) is 0 Å². The molecule has 0 radical (unpaired) electrons. The van der Waals surface area contributed by atoms with E-state index >= 15 is 0 Å². The van der Waals surface area contributed by atoms with Gasteiger partial charge < -0.3 is 15.4 Å². The topological polar surface area (TPSA) is 59.1 Å². The van der Waals surface area contributed by atoms with Crippen molar-refractivity contribution in [3.8, 4) is 0 Å². The van der Waals surface area contributed by atoms with Crippen molar-refractivity contribution in [2.45, 2.75) is 26.4 Å². The van der Waals surface area contributed by atoms with Crippen LogP contribution in [0.3, 0.4) is 0 Å². The Labute approximate surface area is 122 Å². The molecule has 1 heterocycles. The molecule has 0 saturated heterocycles. The van der Waals surface area contributed by atoms with Gasteiger partial charge >= 0.3 is 6.18 Å². The highest BCUT2D eigenvalue weighted by atomic mass is 19.4. The average molecular weight is 306 g/mol. The van der Waals surface area contributed by atoms with Crippen LogP contribution in [0.4, 0.5) is 24.8 Å². The van der Waals surface area contributed by atoms with E-state index in [0.29, 0.717) is 32.1 Å². The molecule has 5 nitrogen and oxygen atoms in total. The van der Waals surface area contributed by atoms with Gasteiger partial charge in [0.1, 0.15) is 11.6 Å². The Morgan fingerprint density at radius 3 is 2.48 bits per heavy atom. The normalized spacial score (nSPS) is 11.8. The summed E-state index contributed by atoms with van der Waals surface area (Å²) >= 11 is 0. The van der Waals surface area contributed by atoms with Crippen molar-refractivity contribution < 1.29 is 17.9 Å². The van der Waals surface area contributed by atoms with E-state index < -0.39 is 12.0 Å². The Morgan fingerprint density at radius 2 is 1.90 bits per heavy atom. The predicted octanol–water partition coefficient (Wildman–Crippen LogP) is 3.01. The van der Waals surface area contributed by atoms with Crippen LogP contribution in [0.15, 0.2) is 6.07 Å². The van der Waals surface area contributed by atoms with Crippen LogP contribution >= 0.6 is 0 Å². The average Bonchev–Trinajstić information content (AvgIpc) is 2.41. The Kier molecular flexibility index (Phi) is 6.67. The van der Waals surface area contributed by atoms with E-state index in [9.17, 15) is 13.2 Å². The van der Waals surface area contributed by atoms with Crippen molar-refractivity contribution in [2.24, 2.45) is 5.92 Å². The second kappa shape index (κ2) is 8.02. The van der Waals surface area contributed by atoms with Crippen molar-refractivity contribution >= 4 is 11.6 Å². The first-order valence-corrected chi connectivity index (χ1v) is 6.78. The number of nitrogens with zero attached hydrogens (tertiary/aromatic N) is 2. The van der Waals surface area contributed by atoms with Crippen LogP contribution in [0.25, 0.3) is 0 Å². The Hall–Kier alpha value is -1.57. The number of hydrogen-bond donors (Lipinski definition) is 2. The fourth-order valence-electron chi connectivity index (χ4n) is 1.50. The third kappa shape index (κ3) is 6.61. The maximum Gasteiger partial charge on any atom is 0.451 e. The van der Waals surface area contributed by atoms with Gasteiger partial charge in [-0.1, -0.05) is 13.8 Å². The standard InChI is InChI=1S/C13H21F3N4O/c1-9(2)8-21-6-4-5-18-11-7-10(17-3)19-12(20-11)13(14,15)16/h7,9H,4-6,8H2,1-3H3,(H2,17,18,19,20). The van der Waals surface area contributed by atoms with Gasteiger partial charge in [0.2, 0.25) is 5.82 Å². The fourth-order valence-corrected chi connectivity index (χ4v) is 1.50. The van der Waals surface area contributed by atoms with Crippen LogP contribution in [-0.4, -0.2) is 36.8 Å². The number of rotatable bonds is 8. The van der Waals surface area contributed by atoms with Gasteiger partial charge in [-0.05, 0) is 12.3 Å². The van der Waals surface area contributed by atoms with Crippen molar-refractivity contribution in [3.63, 3.8) is 0 Å². The molecule has 8 heteroatoms. The van der Waals surface area contributed by atoms with Crippen molar-refractivity contribution in [2.75, 3.05) is 37.4 Å². The fraction of sp³-hybridized carbons (Fsp3) is 0.692. The number of aromatic nitrogens is 2. The molecule has 0 unspecified atom stereocenters. The molecule has 120 valence electrons. The lowest BCUT2D eigenvalue weighted by Gasteiger charge is -2.11. The zero-order valence-electron chi connectivity index (χ0n) is 12.4. The highest BCUT2D eigenvalue weighted by Gasteiger charge is 2.35. The third-order valence-corrected chi connectivity index (χ3v) is 2.46. The highest BCUT2D eigenvalue weighted by molar-refractivity contribution is 5.47. The number of nitrogens with one attached hydrogen (secondary N) is 2. The Bertz CT molecular complexity index is 438. The summed E-state index contributed by atoms with van der Waals surface area (Å²) in [6.45, 7) is 5.82. The minimum absolute atomic E-state index is 0.121. The van der Waals surface area contributed by atoms with Gasteiger partial charge in [0.25, 0.3) is 0 Å². The summed E-state index contributed by atoms with van der Waals surface area (Å²) in [5, 5.41) is 5.44. The molecule has 1 rings (SSSR count). The summed E-state index contributed by atoms with van der Waals surface area (Å²) < 4.78 is 43.3. The maximum absolute atomic E-state index is 12.6. The van der Waals surface area contributed by atoms with Gasteiger partial charge in [-0.15, -0.1) is 0 Å². The SMILES string of the molecule is CNc1cc(NCCCOCC(C)C)nc(C(F)(F)F)n1. The Morgan fingerprint density at radius 1 is 1.24 bits per heavy atom. The molecule has 1 aromatic rings. The molecular formula is C13H21F3N4O. The smallest absolute Gasteiger partial charge is 0.381 e. The maximum atomic E-state index is 12.6. The quantitative estimate of drug-likeness (QED) is 0.723. The largest absolute Gasteiger partial charge is 0.451 e. The highest BCUT2D eigenvalue weighted by Crippen LogP contribution is 2.28. The summed E-state index contributed by atoms with van der Waals surface area (Å²) in [5.41, 5.74) is 0. The molecule has 0 aliphatic rings. The van der Waals surface area contributed by atoms with Crippen LogP contribution in [0, 0.1) is 5.92 Å². The van der Waals surface area contributed by atoms with E-state index in [-0.39, 0.29) is 11.6 Å². The number of ether oxygens (including phenoxy) is 1. The van der Waals surface area contributed by atoms with Crippen LogP contribution < -0.4 is 10.6 Å². The summed E-state index contributed by atoms with van der Waals surface area (Å²) in [4.78, 5) is 6.86. The summed E-state index contributed by atoms with van der Waals surface area (Å²) in [5.74, 6) is -0.429. The molecule has 2 N–H and O–H groups in total. The second-order valence-electron chi connectivity index (χ2n) is 4.96. The van der Waals surface area contributed by atoms with Gasteiger partial charge in [-0.25, -0.2) is 9.97 Å². The zero-order chi connectivity index (χ0) is 15.9. The van der Waals surface area contributed by atoms with Crippen LogP contribution in [0.5, 0.6) is 0 Å². The first-order valence-electron chi connectivity index (χ1n) is 6.78. The number of hydrogen-bond acceptors (Lipinski definition) is 5. The molecule has 21 heavy (non-hydrogen) atoms. The van der Waals surface area contributed by atoms with Crippen molar-refractivity contribution in [1.82, 2.24) is 9.97 Å². The van der Waals surface area contributed by atoms with E-state index in [4.69, 9.17) is 4.74 Å². The van der Waals surface area contributed by atoms with Crippen LogP contribution in [0.1, 0.15) is 26.1 Å². The number of halogens is 3. The molecule has 0 aliphatic carbocycles. The van der Waals surface area contributed by atoms with Crippen molar-refractivity contribution in [3.05, 3.63) is 11.9 Å². The van der Waals surface area contributed by atoms with Gasteiger partial charge in [0, 0.05) is 32.9 Å². The molecule has 0 aromatic carbocycles. The van der Waals surface area contributed by atoms with Gasteiger partial charge in [0.05, 0.1) is 0 Å². The summed E-state index contributed by atoms with van der Waals surface area (Å²) in [7, 11) is 1.51. The molecule has 0 amide bonds. The molecular weight excluding hydrogens is 285 g/mol. The van der Waals surface area contributed by atoms with Crippen LogP contribution in [0.2, 0.25) is 0 Å². The predicted molar refractivity (Wildman–Crippen MR) is 75.3 cm³/mol. The molecule has 0 saturated carbocycles. The lowest BCUT2D eigenvalue weighted by Crippen LogP contribution is -2.15. The molecule has 0 spiro atoms. The minimum atomic E-state index is -4.57. The molecule has 0 fully saturated rings. The van der Waals surface area contributed by atoms with Crippen molar-refractivity contribution in [1.29, 1.82) is 0 Å². The van der Waals surface area contributed by atoms with E-state index in [1.165, 1.54) is 13.1 Å². The number of alkyl halides is 3. The second-order valence-corrected chi connectivity index (χ2v) is 4.96. The van der Waals surface area contributed by atoms with Gasteiger partial charge in [-0.2, -0.15) is 13.2 Å². The van der Waals surface area contributed by atoms with E-state index in [2.05, 4.69) is 34.4 Å². The monoisotopic (exact) mass is 306 g/mol. The number of anilines is 2. The molecule has 0 atom stereocenters. The van der Waals surface area contributed by atoms with Crippen LogP contribution in [-0.2, 0) is 10.9 Å². The molecule has 1 aromatic heterocycles. The Balaban J connectivity index is 2.51. The van der Waals surface area contributed by atoms with E-state index in [1.807, 2.05) is 0 Å². The lowest BCUT2D eigenvalue weighted by atomic mass is 10.2. The van der Waals surface area contributed by atoms with E-state index in [1.54, 1.807) is 0 Å². The van der Waals surface area contributed by atoms with E-state index in [0.717, 1.165) is 0 Å².